The normalized spacial score (nSPS) is 21.0. The predicted octanol–water partition coefficient (Wildman–Crippen LogP) is 2.50. The lowest BCUT2D eigenvalue weighted by molar-refractivity contribution is 0.187. The van der Waals surface area contributed by atoms with E-state index in [1.165, 1.54) is 5.69 Å². The Balaban J connectivity index is 0.00000280. The first-order chi connectivity index (χ1) is 13.2. The first-order valence-electron chi connectivity index (χ1n) is 10.1. The minimum absolute atomic E-state index is 0. The molecule has 2 aliphatic rings. The molecule has 0 amide bonds. The number of aliphatic hydroxyl groups excluding tert-OH is 1. The Morgan fingerprint density at radius 3 is 2.68 bits per heavy atom. The second-order valence-corrected chi connectivity index (χ2v) is 7.72. The highest BCUT2D eigenvalue weighted by Crippen LogP contribution is 2.20. The van der Waals surface area contributed by atoms with Crippen molar-refractivity contribution >= 4 is 47.2 Å². The summed E-state index contributed by atoms with van der Waals surface area (Å²) in [5.41, 5.74) is 1.22. The van der Waals surface area contributed by atoms with Gasteiger partial charge in [-0.3, -0.25) is 9.89 Å². The topological polar surface area (TPSA) is 54.3 Å². The van der Waals surface area contributed by atoms with Crippen molar-refractivity contribution in [3.05, 3.63) is 29.3 Å². The summed E-state index contributed by atoms with van der Waals surface area (Å²) < 4.78 is 0. The monoisotopic (exact) mass is 521 g/mol. The number of aliphatic hydroxyl groups is 1. The fourth-order valence-corrected chi connectivity index (χ4v) is 3.93. The maximum absolute atomic E-state index is 9.73. The van der Waals surface area contributed by atoms with Gasteiger partial charge in [0.25, 0.3) is 0 Å². The van der Waals surface area contributed by atoms with Crippen LogP contribution in [0.5, 0.6) is 0 Å². The zero-order chi connectivity index (χ0) is 19.1. The summed E-state index contributed by atoms with van der Waals surface area (Å²) >= 11 is 6.11. The molecule has 0 aromatic heterocycles. The Hall–Kier alpha value is -0.770. The summed E-state index contributed by atoms with van der Waals surface area (Å²) in [4.78, 5) is 11.8. The summed E-state index contributed by atoms with van der Waals surface area (Å²) in [5.74, 6) is 0.944. The molecule has 2 heterocycles. The van der Waals surface area contributed by atoms with Gasteiger partial charge in [0.2, 0.25) is 0 Å². The molecule has 0 unspecified atom stereocenters. The van der Waals surface area contributed by atoms with Crippen molar-refractivity contribution in [1.82, 2.24) is 15.1 Å². The number of hydrogen-bond donors (Lipinski definition) is 2. The van der Waals surface area contributed by atoms with Gasteiger partial charge in [-0.05, 0) is 38.0 Å². The van der Waals surface area contributed by atoms with E-state index in [0.717, 1.165) is 76.2 Å². The Morgan fingerprint density at radius 1 is 1.25 bits per heavy atom. The first-order valence-corrected chi connectivity index (χ1v) is 10.5. The van der Waals surface area contributed by atoms with Gasteiger partial charge in [0.05, 0.1) is 6.10 Å². The van der Waals surface area contributed by atoms with Gasteiger partial charge in [0.1, 0.15) is 0 Å². The van der Waals surface area contributed by atoms with Crippen molar-refractivity contribution in [2.75, 3.05) is 63.8 Å². The summed E-state index contributed by atoms with van der Waals surface area (Å²) in [6.45, 7) is 10.7. The molecule has 2 saturated heterocycles. The zero-order valence-corrected chi connectivity index (χ0v) is 19.8. The quantitative estimate of drug-likeness (QED) is 0.261. The number of nitrogens with zero attached hydrogens (tertiary/aromatic N) is 4. The Bertz CT molecular complexity index is 624. The molecule has 0 spiro atoms. The van der Waals surface area contributed by atoms with Gasteiger partial charge in [0, 0.05) is 69.6 Å². The SMILES string of the molecule is CCNC(=NCCCN1CCN(c2cccc(Cl)c2)CC1)N1CC[C@@H](O)C1.I. The van der Waals surface area contributed by atoms with Crippen molar-refractivity contribution in [2.45, 2.75) is 25.9 Å². The molecule has 0 bridgehead atoms. The average molecular weight is 522 g/mol. The number of rotatable bonds is 6. The number of likely N-dealkylation sites (tertiary alicyclic amines) is 1. The minimum atomic E-state index is -0.218. The molecule has 8 heteroatoms. The molecule has 0 radical (unpaired) electrons. The highest BCUT2D eigenvalue weighted by molar-refractivity contribution is 14.0. The van der Waals surface area contributed by atoms with Crippen molar-refractivity contribution in [3.63, 3.8) is 0 Å². The standard InChI is InChI=1S/C20H32ClN5O.HI/c1-2-22-20(26-10-7-19(27)16-26)23-8-4-9-24-11-13-25(14-12-24)18-6-3-5-17(21)15-18;/h3,5-6,15,19,27H,2,4,7-14,16H2,1H3,(H,22,23);1H/t19-;/m1./s1. The number of hydrogen-bond acceptors (Lipinski definition) is 4. The third kappa shape index (κ3) is 6.93. The molecular weight excluding hydrogens is 489 g/mol. The predicted molar refractivity (Wildman–Crippen MR) is 128 cm³/mol. The fraction of sp³-hybridized carbons (Fsp3) is 0.650. The second kappa shape index (κ2) is 12.0. The van der Waals surface area contributed by atoms with Gasteiger partial charge in [-0.1, -0.05) is 17.7 Å². The van der Waals surface area contributed by atoms with Crippen LogP contribution in [-0.2, 0) is 0 Å². The third-order valence-electron chi connectivity index (χ3n) is 5.24. The van der Waals surface area contributed by atoms with E-state index in [-0.39, 0.29) is 30.1 Å². The van der Waals surface area contributed by atoms with E-state index in [1.54, 1.807) is 0 Å². The largest absolute Gasteiger partial charge is 0.391 e. The van der Waals surface area contributed by atoms with Crippen LogP contribution in [0.3, 0.4) is 0 Å². The number of nitrogens with one attached hydrogen (secondary N) is 1. The number of benzene rings is 1. The lowest BCUT2D eigenvalue weighted by atomic mass is 10.2. The van der Waals surface area contributed by atoms with Gasteiger partial charge < -0.3 is 20.2 Å². The summed E-state index contributed by atoms with van der Waals surface area (Å²) in [6.07, 6.45) is 1.67. The van der Waals surface area contributed by atoms with Crippen LogP contribution in [0.1, 0.15) is 19.8 Å². The zero-order valence-electron chi connectivity index (χ0n) is 16.7. The number of piperazine rings is 1. The van der Waals surface area contributed by atoms with Crippen LogP contribution < -0.4 is 10.2 Å². The minimum Gasteiger partial charge on any atom is -0.391 e. The maximum Gasteiger partial charge on any atom is 0.194 e. The van der Waals surface area contributed by atoms with Crippen LogP contribution in [0, 0.1) is 0 Å². The van der Waals surface area contributed by atoms with Crippen molar-refractivity contribution < 1.29 is 5.11 Å². The van der Waals surface area contributed by atoms with E-state index in [1.807, 2.05) is 18.2 Å². The number of β-amino-alcohol motifs (C(OH)–C–C–N with tert-alkyl or cyclic N) is 1. The highest BCUT2D eigenvalue weighted by Gasteiger charge is 2.22. The van der Waals surface area contributed by atoms with Gasteiger partial charge >= 0.3 is 0 Å². The Labute approximate surface area is 190 Å². The van der Waals surface area contributed by atoms with Gasteiger partial charge in [-0.2, -0.15) is 0 Å². The molecule has 1 atom stereocenters. The van der Waals surface area contributed by atoms with E-state index in [0.29, 0.717) is 6.54 Å². The van der Waals surface area contributed by atoms with Gasteiger partial charge in [-0.25, -0.2) is 0 Å². The Morgan fingerprint density at radius 2 is 2.04 bits per heavy atom. The summed E-state index contributed by atoms with van der Waals surface area (Å²) in [7, 11) is 0. The maximum atomic E-state index is 9.73. The summed E-state index contributed by atoms with van der Waals surface area (Å²) in [5, 5.41) is 13.9. The molecule has 0 aliphatic carbocycles. The highest BCUT2D eigenvalue weighted by atomic mass is 127. The first kappa shape index (κ1) is 23.5. The molecule has 28 heavy (non-hydrogen) atoms. The van der Waals surface area contributed by atoms with E-state index >= 15 is 0 Å². The second-order valence-electron chi connectivity index (χ2n) is 7.29. The molecule has 6 nitrogen and oxygen atoms in total. The van der Waals surface area contributed by atoms with Crippen LogP contribution in [0.2, 0.25) is 5.02 Å². The third-order valence-corrected chi connectivity index (χ3v) is 5.47. The Kier molecular flexibility index (Phi) is 10.1. The van der Waals surface area contributed by atoms with Crippen molar-refractivity contribution in [2.24, 2.45) is 4.99 Å². The average Bonchev–Trinajstić information content (AvgIpc) is 3.11. The summed E-state index contributed by atoms with van der Waals surface area (Å²) in [6, 6.07) is 8.12. The van der Waals surface area contributed by atoms with Gasteiger partial charge in [0.15, 0.2) is 5.96 Å². The molecule has 1 aromatic carbocycles. The van der Waals surface area contributed by atoms with Crippen LogP contribution >= 0.6 is 35.6 Å². The number of halogens is 2. The number of guanidine groups is 1. The molecule has 2 aliphatic heterocycles. The number of anilines is 1. The van der Waals surface area contributed by atoms with E-state index in [9.17, 15) is 5.11 Å². The molecular formula is C20H33ClIN5O. The van der Waals surface area contributed by atoms with Gasteiger partial charge in [-0.15, -0.1) is 24.0 Å². The lowest BCUT2D eigenvalue weighted by Crippen LogP contribution is -2.46. The van der Waals surface area contributed by atoms with Crippen LogP contribution in [0.4, 0.5) is 5.69 Å². The van der Waals surface area contributed by atoms with E-state index in [2.05, 4.69) is 33.0 Å². The van der Waals surface area contributed by atoms with Crippen LogP contribution in [0.15, 0.2) is 29.3 Å². The van der Waals surface area contributed by atoms with Crippen LogP contribution in [0.25, 0.3) is 0 Å². The molecule has 3 rings (SSSR count). The smallest absolute Gasteiger partial charge is 0.194 e. The molecule has 2 fully saturated rings. The van der Waals surface area contributed by atoms with Crippen LogP contribution in [-0.4, -0.2) is 85.9 Å². The molecule has 2 N–H and O–H groups in total. The van der Waals surface area contributed by atoms with E-state index in [4.69, 9.17) is 16.6 Å². The molecule has 0 saturated carbocycles. The van der Waals surface area contributed by atoms with Crippen molar-refractivity contribution in [3.8, 4) is 0 Å². The fourth-order valence-electron chi connectivity index (χ4n) is 3.74. The molecule has 1 aromatic rings. The van der Waals surface area contributed by atoms with Crippen molar-refractivity contribution in [1.29, 1.82) is 0 Å². The molecule has 158 valence electrons. The van der Waals surface area contributed by atoms with E-state index < -0.39 is 0 Å². The number of aliphatic imine (C=N–C) groups is 1. The lowest BCUT2D eigenvalue weighted by Gasteiger charge is -2.36.